The van der Waals surface area contributed by atoms with Crippen molar-refractivity contribution in [3.8, 4) is 0 Å². The second-order valence-corrected chi connectivity index (χ2v) is 10.1. The summed E-state index contributed by atoms with van der Waals surface area (Å²) in [7, 11) is 0. The highest BCUT2D eigenvalue weighted by Gasteiger charge is 2.32. The summed E-state index contributed by atoms with van der Waals surface area (Å²) < 4.78 is 3.49. The fourth-order valence-corrected chi connectivity index (χ4v) is 5.33. The molecule has 0 saturated carbocycles. The Hall–Kier alpha value is -3.76. The van der Waals surface area contributed by atoms with Crippen LogP contribution < -0.4 is 8.85 Å². The van der Waals surface area contributed by atoms with Crippen LogP contribution in [0.5, 0.6) is 0 Å². The predicted molar refractivity (Wildman–Crippen MR) is 146 cm³/mol. The number of nitrogens with zero attached hydrogens (tertiary/aromatic N) is 6. The molecule has 0 saturated heterocycles. The number of hydrogen-bond acceptors (Lipinski definition) is 6. The molecule has 0 radical (unpaired) electrons. The molecule has 0 bridgehead atoms. The summed E-state index contributed by atoms with van der Waals surface area (Å²) in [6, 6.07) is 13.6. The van der Waals surface area contributed by atoms with Gasteiger partial charge in [-0.3, -0.25) is 9.80 Å². The van der Waals surface area contributed by atoms with E-state index in [2.05, 4.69) is 13.8 Å². The monoisotopic (exact) mass is 518 g/mol. The van der Waals surface area contributed by atoms with E-state index in [0.717, 1.165) is 44.0 Å². The fourth-order valence-electron chi connectivity index (χ4n) is 5.33. The molecule has 3 heterocycles. The normalized spacial score (nSPS) is 15.0. The van der Waals surface area contributed by atoms with Gasteiger partial charge < -0.3 is 19.9 Å². The first-order chi connectivity index (χ1) is 18.4. The third kappa shape index (κ3) is 4.65. The van der Waals surface area contributed by atoms with Crippen molar-refractivity contribution in [2.45, 2.75) is 65.7 Å². The van der Waals surface area contributed by atoms with Gasteiger partial charge in [0.1, 0.15) is 22.4 Å². The number of fused-ring (bicyclic) bond motifs is 4. The van der Waals surface area contributed by atoms with Crippen LogP contribution in [0.25, 0.3) is 22.1 Å². The van der Waals surface area contributed by atoms with E-state index in [9.17, 15) is 20.2 Å². The zero-order valence-electron chi connectivity index (χ0n) is 22.0. The van der Waals surface area contributed by atoms with Gasteiger partial charge in [-0.05, 0) is 38.1 Å². The lowest BCUT2D eigenvalue weighted by atomic mass is 10.1. The molecule has 4 aromatic rings. The average molecular weight is 519 g/mol. The van der Waals surface area contributed by atoms with Crippen LogP contribution >= 0.6 is 0 Å². The second-order valence-electron chi connectivity index (χ2n) is 10.1. The van der Waals surface area contributed by atoms with Gasteiger partial charge in [-0.15, -0.1) is 0 Å². The Morgan fingerprint density at radius 1 is 0.658 bits per heavy atom. The molecular formula is C28H34N6O4. The molecule has 2 aromatic heterocycles. The van der Waals surface area contributed by atoms with Crippen molar-refractivity contribution < 1.29 is 8.85 Å². The highest BCUT2D eigenvalue weighted by molar-refractivity contribution is 5.73. The first kappa shape index (κ1) is 25.9. The Bertz CT molecular complexity index is 1480. The van der Waals surface area contributed by atoms with Gasteiger partial charge >= 0.3 is 0 Å². The number of aromatic nitrogens is 4. The van der Waals surface area contributed by atoms with E-state index in [1.807, 2.05) is 9.80 Å². The maximum absolute atomic E-state index is 13.7. The summed E-state index contributed by atoms with van der Waals surface area (Å²) >= 11 is 0. The molecule has 0 N–H and O–H groups in total. The van der Waals surface area contributed by atoms with Crippen molar-refractivity contribution in [1.82, 2.24) is 19.3 Å². The Kier molecular flexibility index (Phi) is 7.44. The summed E-state index contributed by atoms with van der Waals surface area (Å²) in [4.78, 5) is 31.4. The molecule has 38 heavy (non-hydrogen) atoms. The maximum atomic E-state index is 13.7. The topological polar surface area (TPSA) is 108 Å². The summed E-state index contributed by atoms with van der Waals surface area (Å²) in [5.41, 5.74) is 2.79. The SMILES string of the molecule is CCCCN1Cc2c([n+](=O)c3ccccc3n2[O-])CN(CCCC)Cc2c(n([O-])c3ccccc3[n+]2=O)C1. The van der Waals surface area contributed by atoms with Crippen LogP contribution in [-0.4, -0.2) is 32.4 Å². The number of para-hydroxylation sites is 4. The molecule has 10 nitrogen and oxygen atoms in total. The molecule has 0 unspecified atom stereocenters. The molecule has 0 amide bonds. The summed E-state index contributed by atoms with van der Waals surface area (Å²) in [6.07, 6.45) is 3.55. The molecular weight excluding hydrogens is 484 g/mol. The van der Waals surface area contributed by atoms with Crippen LogP contribution in [-0.2, 0) is 26.2 Å². The molecule has 0 fully saturated rings. The average Bonchev–Trinajstić information content (AvgIpc) is 2.94. The van der Waals surface area contributed by atoms with Gasteiger partial charge in [0, 0.05) is 35.0 Å². The predicted octanol–water partition coefficient (Wildman–Crippen LogP) is 4.03. The molecule has 2 aromatic carbocycles. The van der Waals surface area contributed by atoms with E-state index in [1.54, 1.807) is 48.5 Å². The molecule has 5 rings (SSSR count). The summed E-state index contributed by atoms with van der Waals surface area (Å²) in [5.74, 6) is 0. The standard InChI is InChI=1S/C28H34N6O4/c1-3-5-15-29-17-25-27(33(37)23-13-9-7-11-21(23)31(25)35)19-30(16-6-4-2)20-28-26(18-29)32(36)22-12-8-10-14-24(22)34(28)38/h7-14H,3-6,15-20H2,1-2H3. The van der Waals surface area contributed by atoms with Gasteiger partial charge in [0.05, 0.1) is 21.9 Å². The third-order valence-corrected chi connectivity index (χ3v) is 7.43. The Labute approximate surface area is 220 Å². The highest BCUT2D eigenvalue weighted by Crippen LogP contribution is 2.24. The van der Waals surface area contributed by atoms with Gasteiger partial charge in [-0.1, -0.05) is 51.0 Å². The van der Waals surface area contributed by atoms with Gasteiger partial charge in [0.25, 0.3) is 22.4 Å². The van der Waals surface area contributed by atoms with Gasteiger partial charge in [-0.25, -0.2) is 0 Å². The molecule has 1 aliphatic rings. The van der Waals surface area contributed by atoms with Crippen LogP contribution in [0.4, 0.5) is 0 Å². The van der Waals surface area contributed by atoms with Crippen molar-refractivity contribution in [3.05, 3.63) is 91.5 Å². The van der Waals surface area contributed by atoms with E-state index in [-0.39, 0.29) is 26.2 Å². The zero-order chi connectivity index (χ0) is 26.8. The van der Waals surface area contributed by atoms with Crippen molar-refractivity contribution in [3.63, 3.8) is 0 Å². The maximum Gasteiger partial charge on any atom is 0.286 e. The first-order valence-electron chi connectivity index (χ1n) is 13.4. The van der Waals surface area contributed by atoms with Crippen molar-refractivity contribution in [2.24, 2.45) is 0 Å². The Balaban J connectivity index is 1.75. The Morgan fingerprint density at radius 2 is 1.05 bits per heavy atom. The number of benzene rings is 2. The minimum atomic E-state index is 0.193. The molecule has 0 aliphatic carbocycles. The molecule has 1 aliphatic heterocycles. The molecule has 10 heteroatoms. The largest absolute Gasteiger partial charge is 0.805 e. The third-order valence-electron chi connectivity index (χ3n) is 7.43. The van der Waals surface area contributed by atoms with Crippen LogP contribution in [0.15, 0.2) is 48.5 Å². The van der Waals surface area contributed by atoms with Crippen molar-refractivity contribution in [2.75, 3.05) is 13.1 Å². The lowest BCUT2D eigenvalue weighted by molar-refractivity contribution is -0.482. The first-order valence-corrected chi connectivity index (χ1v) is 13.4. The van der Waals surface area contributed by atoms with Crippen LogP contribution in [0.1, 0.15) is 62.3 Å². The molecule has 0 atom stereocenters. The minimum Gasteiger partial charge on any atom is -0.805 e. The van der Waals surface area contributed by atoms with E-state index in [4.69, 9.17) is 0 Å². The minimum absolute atomic E-state index is 0.193. The van der Waals surface area contributed by atoms with Gasteiger partial charge in [-0.2, -0.15) is 0 Å². The second kappa shape index (κ2) is 10.9. The fraction of sp³-hybridized carbons (Fsp3) is 0.429. The van der Waals surface area contributed by atoms with E-state index in [1.165, 1.54) is 0 Å². The van der Waals surface area contributed by atoms with Crippen LogP contribution in [0.2, 0.25) is 0 Å². The lowest BCUT2D eigenvalue weighted by Gasteiger charge is -2.31. The molecule has 0 spiro atoms. The van der Waals surface area contributed by atoms with Gasteiger partial charge in [0.2, 0.25) is 0 Å². The number of hydrogen-bond donors (Lipinski definition) is 0. The lowest BCUT2D eigenvalue weighted by Crippen LogP contribution is -2.41. The highest BCUT2D eigenvalue weighted by atomic mass is 16.5. The van der Waals surface area contributed by atoms with E-state index < -0.39 is 0 Å². The number of unbranched alkanes of at least 4 members (excludes halogenated alkanes) is 2. The number of rotatable bonds is 6. The summed E-state index contributed by atoms with van der Waals surface area (Å²) in [5, 5.41) is 27.3. The van der Waals surface area contributed by atoms with Crippen LogP contribution in [0.3, 0.4) is 0 Å². The Morgan fingerprint density at radius 3 is 1.47 bits per heavy atom. The van der Waals surface area contributed by atoms with Crippen molar-refractivity contribution >= 4 is 22.1 Å². The zero-order valence-corrected chi connectivity index (χ0v) is 22.0. The quantitative estimate of drug-likeness (QED) is 0.357. The summed E-state index contributed by atoms with van der Waals surface area (Å²) in [6.45, 7) is 6.16. The van der Waals surface area contributed by atoms with Crippen molar-refractivity contribution in [1.29, 1.82) is 0 Å². The molecule has 200 valence electrons. The van der Waals surface area contributed by atoms with E-state index >= 15 is 0 Å². The van der Waals surface area contributed by atoms with E-state index in [0.29, 0.717) is 57.9 Å². The smallest absolute Gasteiger partial charge is 0.286 e. The van der Waals surface area contributed by atoms with Crippen LogP contribution in [0, 0.1) is 20.2 Å². The van der Waals surface area contributed by atoms with Gasteiger partial charge in [0.15, 0.2) is 0 Å².